The van der Waals surface area contributed by atoms with Crippen molar-refractivity contribution in [3.05, 3.63) is 107 Å². The second kappa shape index (κ2) is 9.37. The average molecular weight is 423 g/mol. The first kappa shape index (κ1) is 21.8. The van der Waals surface area contributed by atoms with Crippen LogP contribution in [0.4, 0.5) is 0 Å². The van der Waals surface area contributed by atoms with Gasteiger partial charge in [-0.2, -0.15) is 0 Å². The molecule has 0 bridgehead atoms. The van der Waals surface area contributed by atoms with E-state index in [1.54, 1.807) is 4.90 Å². The second-order valence-electron chi connectivity index (χ2n) is 8.81. The molecule has 4 aromatic rings. The molecule has 0 aliphatic rings. The Morgan fingerprint density at radius 2 is 1.41 bits per heavy atom. The Morgan fingerprint density at radius 3 is 2.06 bits per heavy atom. The van der Waals surface area contributed by atoms with Crippen LogP contribution in [-0.4, -0.2) is 36.9 Å². The molecule has 0 aromatic heterocycles. The Bertz CT molecular complexity index is 1220. The van der Waals surface area contributed by atoms with Gasteiger partial charge in [-0.3, -0.25) is 4.79 Å². The minimum absolute atomic E-state index is 0.0293. The summed E-state index contributed by atoms with van der Waals surface area (Å²) in [5, 5.41) is 2.41. The minimum Gasteiger partial charge on any atom is -0.337 e. The van der Waals surface area contributed by atoms with Gasteiger partial charge in [0.1, 0.15) is 0 Å². The molecule has 0 unspecified atom stereocenters. The van der Waals surface area contributed by atoms with Crippen LogP contribution in [0.25, 0.3) is 21.9 Å². The van der Waals surface area contributed by atoms with Gasteiger partial charge in [0.2, 0.25) is 0 Å². The molecule has 0 saturated heterocycles. The standard InChI is InChI=1S/C29H30N2O/c1-21-8-11-23(12-9-21)24-13-15-25(16-14-24)29(32)31(4)20-27-7-5-6-26-18-22(19-30(2)3)10-17-28(26)27/h5-18H,19-20H2,1-4H3. The molecular weight excluding hydrogens is 392 g/mol. The van der Waals surface area contributed by atoms with Crippen LogP contribution >= 0.6 is 0 Å². The Balaban J connectivity index is 1.51. The van der Waals surface area contributed by atoms with Crippen LogP contribution in [0.15, 0.2) is 84.9 Å². The van der Waals surface area contributed by atoms with E-state index in [9.17, 15) is 4.79 Å². The molecule has 0 aliphatic heterocycles. The Kier molecular flexibility index (Phi) is 6.38. The second-order valence-corrected chi connectivity index (χ2v) is 8.81. The molecule has 162 valence electrons. The lowest BCUT2D eigenvalue weighted by atomic mass is 10.0. The fourth-order valence-electron chi connectivity index (χ4n) is 4.10. The van der Waals surface area contributed by atoms with Crippen molar-refractivity contribution in [3.8, 4) is 11.1 Å². The van der Waals surface area contributed by atoms with Crippen molar-refractivity contribution in [1.29, 1.82) is 0 Å². The number of carbonyl (C=O) groups excluding carboxylic acids is 1. The quantitative estimate of drug-likeness (QED) is 0.372. The largest absolute Gasteiger partial charge is 0.337 e. The minimum atomic E-state index is 0.0293. The van der Waals surface area contributed by atoms with Gasteiger partial charge in [-0.25, -0.2) is 0 Å². The molecule has 3 heteroatoms. The topological polar surface area (TPSA) is 23.6 Å². The maximum atomic E-state index is 13.1. The fraction of sp³-hybridized carbons (Fsp3) is 0.207. The van der Waals surface area contributed by atoms with Gasteiger partial charge in [-0.1, -0.05) is 72.3 Å². The fourth-order valence-corrected chi connectivity index (χ4v) is 4.10. The first-order valence-corrected chi connectivity index (χ1v) is 11.0. The maximum absolute atomic E-state index is 13.1. The van der Waals surface area contributed by atoms with Crippen molar-refractivity contribution in [1.82, 2.24) is 9.80 Å². The van der Waals surface area contributed by atoms with Crippen LogP contribution in [0, 0.1) is 6.92 Å². The summed E-state index contributed by atoms with van der Waals surface area (Å²) in [5.41, 5.74) is 6.67. The van der Waals surface area contributed by atoms with Gasteiger partial charge in [-0.15, -0.1) is 0 Å². The first-order valence-electron chi connectivity index (χ1n) is 11.0. The molecule has 3 nitrogen and oxygen atoms in total. The highest BCUT2D eigenvalue weighted by atomic mass is 16.2. The van der Waals surface area contributed by atoms with E-state index in [0.717, 1.165) is 23.2 Å². The Hall–Kier alpha value is -3.43. The molecule has 0 spiro atoms. The summed E-state index contributed by atoms with van der Waals surface area (Å²) >= 11 is 0. The third-order valence-electron chi connectivity index (χ3n) is 5.80. The summed E-state index contributed by atoms with van der Waals surface area (Å²) in [6.45, 7) is 3.57. The SMILES string of the molecule is Cc1ccc(-c2ccc(C(=O)N(C)Cc3cccc4cc(CN(C)C)ccc34)cc2)cc1. The molecule has 0 fully saturated rings. The predicted molar refractivity (Wildman–Crippen MR) is 134 cm³/mol. The van der Waals surface area contributed by atoms with Crippen molar-refractivity contribution >= 4 is 16.7 Å². The predicted octanol–water partition coefficient (Wildman–Crippen LogP) is 6.15. The van der Waals surface area contributed by atoms with Crippen molar-refractivity contribution in [2.24, 2.45) is 0 Å². The molecular formula is C29H30N2O. The summed E-state index contributed by atoms with van der Waals surface area (Å²) in [6, 6.07) is 29.3. The summed E-state index contributed by atoms with van der Waals surface area (Å²) < 4.78 is 0. The van der Waals surface area contributed by atoms with Gasteiger partial charge in [0.15, 0.2) is 0 Å². The lowest BCUT2D eigenvalue weighted by Gasteiger charge is -2.19. The van der Waals surface area contributed by atoms with Crippen LogP contribution in [0.5, 0.6) is 0 Å². The maximum Gasteiger partial charge on any atom is 0.253 e. The van der Waals surface area contributed by atoms with Crippen molar-refractivity contribution in [3.63, 3.8) is 0 Å². The van der Waals surface area contributed by atoms with E-state index >= 15 is 0 Å². The van der Waals surface area contributed by atoms with Gasteiger partial charge in [0.25, 0.3) is 5.91 Å². The number of nitrogens with zero attached hydrogens (tertiary/aromatic N) is 2. The Morgan fingerprint density at radius 1 is 0.750 bits per heavy atom. The summed E-state index contributed by atoms with van der Waals surface area (Å²) in [5.74, 6) is 0.0293. The number of amides is 1. The summed E-state index contributed by atoms with van der Waals surface area (Å²) in [7, 11) is 6.03. The van der Waals surface area contributed by atoms with Crippen LogP contribution in [0.2, 0.25) is 0 Å². The van der Waals surface area contributed by atoms with Crippen LogP contribution in [0.3, 0.4) is 0 Å². The zero-order valence-electron chi connectivity index (χ0n) is 19.3. The molecule has 0 saturated carbocycles. The van der Waals surface area contributed by atoms with Crippen molar-refractivity contribution in [2.45, 2.75) is 20.0 Å². The highest BCUT2D eigenvalue weighted by Gasteiger charge is 2.14. The average Bonchev–Trinajstić information content (AvgIpc) is 2.79. The number of hydrogen-bond donors (Lipinski definition) is 0. The zero-order chi connectivity index (χ0) is 22.7. The van der Waals surface area contributed by atoms with Gasteiger partial charge >= 0.3 is 0 Å². The normalized spacial score (nSPS) is 11.2. The van der Waals surface area contributed by atoms with E-state index in [2.05, 4.69) is 86.6 Å². The number of fused-ring (bicyclic) bond motifs is 1. The smallest absolute Gasteiger partial charge is 0.253 e. The van der Waals surface area contributed by atoms with Crippen molar-refractivity contribution < 1.29 is 4.79 Å². The van der Waals surface area contributed by atoms with Gasteiger partial charge in [0, 0.05) is 25.7 Å². The van der Waals surface area contributed by atoms with E-state index in [0.29, 0.717) is 12.1 Å². The van der Waals surface area contributed by atoms with Crippen LogP contribution in [-0.2, 0) is 13.1 Å². The Labute approximate surface area is 190 Å². The zero-order valence-corrected chi connectivity index (χ0v) is 19.3. The first-order chi connectivity index (χ1) is 15.4. The summed E-state index contributed by atoms with van der Waals surface area (Å²) in [6.07, 6.45) is 0. The molecule has 0 aliphatic carbocycles. The molecule has 4 rings (SSSR count). The molecule has 0 heterocycles. The van der Waals surface area contributed by atoms with Crippen molar-refractivity contribution in [2.75, 3.05) is 21.1 Å². The highest BCUT2D eigenvalue weighted by Crippen LogP contribution is 2.24. The van der Waals surface area contributed by atoms with Crippen LogP contribution in [0.1, 0.15) is 27.0 Å². The molecule has 4 aromatic carbocycles. The third kappa shape index (κ3) is 4.90. The van der Waals surface area contributed by atoms with E-state index in [-0.39, 0.29) is 5.91 Å². The van der Waals surface area contributed by atoms with Gasteiger partial charge in [0.05, 0.1) is 0 Å². The number of rotatable bonds is 6. The monoisotopic (exact) mass is 422 g/mol. The number of hydrogen-bond acceptors (Lipinski definition) is 2. The molecule has 0 radical (unpaired) electrons. The third-order valence-corrected chi connectivity index (χ3v) is 5.80. The van der Waals surface area contributed by atoms with E-state index in [1.165, 1.54) is 21.9 Å². The molecule has 0 N–H and O–H groups in total. The highest BCUT2D eigenvalue weighted by molar-refractivity contribution is 5.95. The molecule has 32 heavy (non-hydrogen) atoms. The molecule has 1 amide bonds. The molecule has 0 atom stereocenters. The van der Waals surface area contributed by atoms with Gasteiger partial charge in [-0.05, 0) is 72.2 Å². The lowest BCUT2D eigenvalue weighted by molar-refractivity contribution is 0.0785. The van der Waals surface area contributed by atoms with Gasteiger partial charge < -0.3 is 9.80 Å². The number of carbonyl (C=O) groups is 1. The lowest BCUT2D eigenvalue weighted by Crippen LogP contribution is -2.26. The van der Waals surface area contributed by atoms with E-state index < -0.39 is 0 Å². The van der Waals surface area contributed by atoms with E-state index in [1.807, 2.05) is 31.3 Å². The van der Waals surface area contributed by atoms with E-state index in [4.69, 9.17) is 0 Å². The summed E-state index contributed by atoms with van der Waals surface area (Å²) in [4.78, 5) is 17.0. The van der Waals surface area contributed by atoms with Crippen LogP contribution < -0.4 is 0 Å². The number of aryl methyl sites for hydroxylation is 1. The number of benzene rings is 4.